The summed E-state index contributed by atoms with van der Waals surface area (Å²) in [4.78, 5) is 30.0. The molecule has 0 saturated carbocycles. The third kappa shape index (κ3) is 6.59. The Morgan fingerprint density at radius 2 is 1.82 bits per heavy atom. The SMILES string of the molecule is C[C@H]1C(=O)N(C)C/C=C\CCCCCN2CCCCc3cc(Cl)ccc3CNc3ccc(cc32)[C@]1(O)C(N)=O. The van der Waals surface area contributed by atoms with Crippen LogP contribution in [-0.2, 0) is 28.2 Å². The molecule has 0 spiro atoms. The molecule has 2 heterocycles. The van der Waals surface area contributed by atoms with Crippen molar-refractivity contribution in [2.45, 2.75) is 64.0 Å². The van der Waals surface area contributed by atoms with Gasteiger partial charge in [-0.3, -0.25) is 9.59 Å². The molecule has 2 aliphatic heterocycles. The molecule has 2 amide bonds. The van der Waals surface area contributed by atoms with E-state index in [-0.39, 0.29) is 5.91 Å². The first kappa shape index (κ1) is 29.0. The highest BCUT2D eigenvalue weighted by molar-refractivity contribution is 6.30. The van der Waals surface area contributed by atoms with Crippen molar-refractivity contribution >= 4 is 34.8 Å². The van der Waals surface area contributed by atoms with E-state index >= 15 is 0 Å². The van der Waals surface area contributed by atoms with Crippen LogP contribution in [0.15, 0.2) is 48.6 Å². The second-order valence-electron chi connectivity index (χ2n) is 10.8. The van der Waals surface area contributed by atoms with Gasteiger partial charge in [0, 0.05) is 38.2 Å². The first-order chi connectivity index (χ1) is 18.7. The van der Waals surface area contributed by atoms with Crippen molar-refractivity contribution < 1.29 is 14.7 Å². The Balaban J connectivity index is 1.79. The van der Waals surface area contributed by atoms with E-state index in [4.69, 9.17) is 17.3 Å². The molecule has 4 rings (SSSR count). The zero-order chi connectivity index (χ0) is 28.0. The second kappa shape index (κ2) is 12.9. The minimum absolute atomic E-state index is 0.333. The number of aliphatic hydroxyl groups is 1. The zero-order valence-corrected chi connectivity index (χ0v) is 23.8. The summed E-state index contributed by atoms with van der Waals surface area (Å²) in [6.45, 7) is 4.29. The van der Waals surface area contributed by atoms with Gasteiger partial charge in [-0.15, -0.1) is 0 Å². The van der Waals surface area contributed by atoms with Crippen LogP contribution < -0.4 is 16.0 Å². The molecule has 210 valence electrons. The summed E-state index contributed by atoms with van der Waals surface area (Å²) < 4.78 is 0. The molecule has 0 unspecified atom stereocenters. The number of anilines is 2. The number of nitrogens with zero attached hydrogens (tertiary/aromatic N) is 2. The van der Waals surface area contributed by atoms with Crippen molar-refractivity contribution in [3.8, 4) is 0 Å². The van der Waals surface area contributed by atoms with Gasteiger partial charge >= 0.3 is 0 Å². The number of nitrogens with one attached hydrogen (secondary N) is 1. The highest BCUT2D eigenvalue weighted by atomic mass is 35.5. The number of likely N-dealkylation sites (N-methyl/N-ethyl adjacent to an activating group) is 1. The number of hydrogen-bond acceptors (Lipinski definition) is 5. The first-order valence-corrected chi connectivity index (χ1v) is 14.4. The van der Waals surface area contributed by atoms with Crippen LogP contribution in [0.5, 0.6) is 0 Å². The van der Waals surface area contributed by atoms with E-state index in [0.717, 1.165) is 74.4 Å². The summed E-state index contributed by atoms with van der Waals surface area (Å²) in [5.41, 5.74) is 8.26. The molecule has 0 saturated heterocycles. The fourth-order valence-electron chi connectivity index (χ4n) is 5.64. The van der Waals surface area contributed by atoms with Crippen molar-refractivity contribution in [2.24, 2.45) is 11.7 Å². The third-order valence-corrected chi connectivity index (χ3v) is 8.37. The summed E-state index contributed by atoms with van der Waals surface area (Å²) in [6.07, 6.45) is 11.2. The molecule has 7 nitrogen and oxygen atoms in total. The maximum Gasteiger partial charge on any atom is 0.254 e. The minimum atomic E-state index is -2.15. The van der Waals surface area contributed by atoms with E-state index in [0.29, 0.717) is 18.7 Å². The number of aryl methyl sites for hydroxylation is 1. The number of rotatable bonds is 1. The van der Waals surface area contributed by atoms with Crippen LogP contribution in [0.4, 0.5) is 11.4 Å². The quantitative estimate of drug-likeness (QED) is 0.433. The highest BCUT2D eigenvalue weighted by Crippen LogP contribution is 2.37. The molecule has 39 heavy (non-hydrogen) atoms. The smallest absolute Gasteiger partial charge is 0.254 e. The molecule has 0 aromatic heterocycles. The summed E-state index contributed by atoms with van der Waals surface area (Å²) in [6, 6.07) is 11.5. The van der Waals surface area contributed by atoms with Crippen molar-refractivity contribution in [3.05, 3.63) is 70.3 Å². The molecule has 2 aromatic carbocycles. The summed E-state index contributed by atoms with van der Waals surface area (Å²) >= 11 is 6.31. The van der Waals surface area contributed by atoms with E-state index in [2.05, 4.69) is 28.4 Å². The normalized spacial score (nSPS) is 24.2. The number of allylic oxidation sites excluding steroid dienone is 1. The van der Waals surface area contributed by atoms with Crippen molar-refractivity contribution in [1.29, 1.82) is 0 Å². The highest BCUT2D eigenvalue weighted by Gasteiger charge is 2.46. The molecule has 0 fully saturated rings. The van der Waals surface area contributed by atoms with Crippen LogP contribution in [-0.4, -0.2) is 48.5 Å². The molecule has 8 heteroatoms. The van der Waals surface area contributed by atoms with Crippen LogP contribution in [0.3, 0.4) is 0 Å². The van der Waals surface area contributed by atoms with Crippen LogP contribution in [0, 0.1) is 5.92 Å². The van der Waals surface area contributed by atoms with Gasteiger partial charge in [-0.05, 0) is 86.4 Å². The summed E-state index contributed by atoms with van der Waals surface area (Å²) in [5, 5.41) is 16.1. The Morgan fingerprint density at radius 3 is 2.59 bits per heavy atom. The fourth-order valence-corrected chi connectivity index (χ4v) is 5.83. The Morgan fingerprint density at radius 1 is 1.05 bits per heavy atom. The maximum absolute atomic E-state index is 13.3. The van der Waals surface area contributed by atoms with Gasteiger partial charge in [-0.25, -0.2) is 0 Å². The Kier molecular flexibility index (Phi) is 9.57. The van der Waals surface area contributed by atoms with Crippen molar-refractivity contribution in [2.75, 3.05) is 36.9 Å². The average Bonchev–Trinajstić information content (AvgIpc) is 2.95. The van der Waals surface area contributed by atoms with Crippen LogP contribution in [0.25, 0.3) is 0 Å². The number of halogens is 1. The van der Waals surface area contributed by atoms with Crippen LogP contribution in [0.2, 0.25) is 5.02 Å². The van der Waals surface area contributed by atoms with Gasteiger partial charge in [0.2, 0.25) is 5.91 Å². The Labute approximate surface area is 237 Å². The van der Waals surface area contributed by atoms with Crippen LogP contribution in [0.1, 0.15) is 62.1 Å². The second-order valence-corrected chi connectivity index (χ2v) is 11.3. The first-order valence-electron chi connectivity index (χ1n) is 14.0. The van der Waals surface area contributed by atoms with Gasteiger partial charge in [0.1, 0.15) is 0 Å². The zero-order valence-electron chi connectivity index (χ0n) is 23.1. The lowest BCUT2D eigenvalue weighted by Gasteiger charge is -2.35. The molecule has 4 N–H and O–H groups in total. The van der Waals surface area contributed by atoms with E-state index in [9.17, 15) is 14.7 Å². The van der Waals surface area contributed by atoms with Crippen molar-refractivity contribution in [3.63, 3.8) is 0 Å². The molecular weight excluding hydrogens is 512 g/mol. The number of carbonyl (C=O) groups excluding carboxylic acids is 2. The number of hydrogen-bond donors (Lipinski definition) is 3. The number of amides is 2. The van der Waals surface area contributed by atoms with Gasteiger partial charge in [-0.1, -0.05) is 42.3 Å². The number of nitrogens with two attached hydrogens (primary N) is 1. The predicted molar refractivity (Wildman–Crippen MR) is 158 cm³/mol. The largest absolute Gasteiger partial charge is 0.379 e. The lowest BCUT2D eigenvalue weighted by Crippen LogP contribution is -2.52. The number of carbonyl (C=O) groups is 2. The number of primary amides is 1. The maximum atomic E-state index is 13.3. The molecule has 0 radical (unpaired) electrons. The monoisotopic (exact) mass is 552 g/mol. The predicted octanol–water partition coefficient (Wildman–Crippen LogP) is 4.99. The van der Waals surface area contributed by atoms with Gasteiger partial charge in [-0.2, -0.15) is 0 Å². The lowest BCUT2D eigenvalue weighted by molar-refractivity contribution is -0.155. The topological polar surface area (TPSA) is 98.9 Å². The average molecular weight is 553 g/mol. The van der Waals surface area contributed by atoms with Gasteiger partial charge in [0.15, 0.2) is 5.60 Å². The molecule has 0 aliphatic carbocycles. The molecule has 2 bridgehead atoms. The number of fused-ring (bicyclic) bond motifs is 2. The van der Waals surface area contributed by atoms with Gasteiger partial charge in [0.05, 0.1) is 17.3 Å². The fraction of sp³-hybridized carbons (Fsp3) is 0.484. The Hall–Kier alpha value is -3.03. The van der Waals surface area contributed by atoms with Crippen LogP contribution >= 0.6 is 11.6 Å². The molecular formula is C31H41ClN4O3. The summed E-state index contributed by atoms with van der Waals surface area (Å²) in [7, 11) is 1.68. The summed E-state index contributed by atoms with van der Waals surface area (Å²) in [5.74, 6) is -2.33. The van der Waals surface area contributed by atoms with E-state index < -0.39 is 17.4 Å². The van der Waals surface area contributed by atoms with E-state index in [1.54, 1.807) is 20.0 Å². The Bertz CT molecular complexity index is 1220. The van der Waals surface area contributed by atoms with Gasteiger partial charge < -0.3 is 26.0 Å². The third-order valence-electron chi connectivity index (χ3n) is 8.13. The van der Waals surface area contributed by atoms with E-state index in [1.807, 2.05) is 24.3 Å². The molecule has 2 atom stereocenters. The molecule has 2 aromatic rings. The van der Waals surface area contributed by atoms with E-state index in [1.165, 1.54) is 16.0 Å². The minimum Gasteiger partial charge on any atom is -0.379 e. The van der Waals surface area contributed by atoms with Crippen molar-refractivity contribution in [1.82, 2.24) is 4.90 Å². The van der Waals surface area contributed by atoms with Gasteiger partial charge in [0.25, 0.3) is 5.91 Å². The number of benzene rings is 2. The standard InChI is InChI=1S/C31H41ClN4O3/c1-22-29(37)35(2)16-8-5-3-4-6-9-17-36-18-10-7-11-23-19-26(32)14-12-24(23)21-34-27-15-13-25(20-28(27)36)31(22,39)30(33)38/h5,8,12-15,19-20,22,34,39H,3-4,6-7,9-11,16-18,21H2,1-2H3,(H2,33,38)/b8-5-/t22-,31-/m0/s1. The lowest BCUT2D eigenvalue weighted by atomic mass is 9.80. The molecule has 2 aliphatic rings.